The second kappa shape index (κ2) is 4.70. The summed E-state index contributed by atoms with van der Waals surface area (Å²) < 4.78 is 1.87. The third-order valence-electron chi connectivity index (χ3n) is 1.77. The smallest absolute Gasteiger partial charge is 0.151 e. The number of aromatic nitrogens is 5. The van der Waals surface area contributed by atoms with E-state index < -0.39 is 0 Å². The van der Waals surface area contributed by atoms with Gasteiger partial charge in [-0.1, -0.05) is 11.6 Å². The van der Waals surface area contributed by atoms with Crippen molar-refractivity contribution in [2.24, 2.45) is 0 Å². The molecule has 15 heavy (non-hydrogen) atoms. The van der Waals surface area contributed by atoms with Gasteiger partial charge in [-0.15, -0.1) is 20.4 Å². The van der Waals surface area contributed by atoms with E-state index in [1.807, 2.05) is 4.57 Å². The summed E-state index contributed by atoms with van der Waals surface area (Å²) in [5.41, 5.74) is 0. The molecule has 0 fully saturated rings. The van der Waals surface area contributed by atoms with Crippen LogP contribution in [0.2, 0.25) is 5.15 Å². The Morgan fingerprint density at radius 2 is 2.00 bits per heavy atom. The van der Waals surface area contributed by atoms with E-state index in [0.717, 1.165) is 13.1 Å². The Labute approximate surface area is 91.3 Å². The van der Waals surface area contributed by atoms with Gasteiger partial charge in [-0.25, -0.2) is 0 Å². The van der Waals surface area contributed by atoms with Crippen LogP contribution >= 0.6 is 11.6 Å². The Kier molecular flexibility index (Phi) is 3.08. The number of anilines is 1. The third-order valence-corrected chi connectivity index (χ3v) is 1.98. The molecule has 0 saturated carbocycles. The summed E-state index contributed by atoms with van der Waals surface area (Å²) in [5, 5.41) is 18.5. The van der Waals surface area contributed by atoms with Gasteiger partial charge in [-0.3, -0.25) is 0 Å². The number of hydrogen-bond donors (Lipinski definition) is 1. The Hall–Kier alpha value is -1.69. The van der Waals surface area contributed by atoms with Gasteiger partial charge in [0.25, 0.3) is 0 Å². The lowest BCUT2D eigenvalue weighted by Crippen LogP contribution is -2.10. The van der Waals surface area contributed by atoms with E-state index in [1.54, 1.807) is 24.8 Å². The maximum atomic E-state index is 5.60. The average Bonchev–Trinajstić information content (AvgIpc) is 2.74. The second-order valence-electron chi connectivity index (χ2n) is 2.87. The Morgan fingerprint density at radius 1 is 1.20 bits per heavy atom. The molecule has 0 aromatic carbocycles. The highest BCUT2D eigenvalue weighted by atomic mass is 35.5. The van der Waals surface area contributed by atoms with Crippen molar-refractivity contribution in [2.45, 2.75) is 6.54 Å². The minimum atomic E-state index is 0.388. The lowest BCUT2D eigenvalue weighted by Gasteiger charge is -2.04. The highest BCUT2D eigenvalue weighted by Gasteiger charge is 1.95. The van der Waals surface area contributed by atoms with Gasteiger partial charge in [0, 0.05) is 13.1 Å². The molecule has 7 heteroatoms. The molecule has 2 rings (SSSR count). The molecular weight excluding hydrogens is 216 g/mol. The molecule has 0 atom stereocenters. The first-order valence-electron chi connectivity index (χ1n) is 4.40. The molecule has 0 aliphatic carbocycles. The topological polar surface area (TPSA) is 68.5 Å². The molecule has 0 amide bonds. The fourth-order valence-corrected chi connectivity index (χ4v) is 1.16. The van der Waals surface area contributed by atoms with Gasteiger partial charge in [0.1, 0.15) is 18.5 Å². The number of hydrogen-bond acceptors (Lipinski definition) is 5. The van der Waals surface area contributed by atoms with Crippen molar-refractivity contribution in [1.29, 1.82) is 0 Å². The van der Waals surface area contributed by atoms with Crippen molar-refractivity contribution in [3.63, 3.8) is 0 Å². The van der Waals surface area contributed by atoms with Crippen molar-refractivity contribution in [3.05, 3.63) is 29.9 Å². The first-order chi connectivity index (χ1) is 7.34. The molecule has 0 aliphatic rings. The van der Waals surface area contributed by atoms with Gasteiger partial charge in [0.2, 0.25) is 0 Å². The summed E-state index contributed by atoms with van der Waals surface area (Å²) in [7, 11) is 0. The van der Waals surface area contributed by atoms with Crippen LogP contribution in [0.4, 0.5) is 5.82 Å². The fourth-order valence-electron chi connectivity index (χ4n) is 1.06. The molecule has 2 heterocycles. The minimum absolute atomic E-state index is 0.388. The van der Waals surface area contributed by atoms with Crippen LogP contribution in [0, 0.1) is 0 Å². The number of halogens is 1. The van der Waals surface area contributed by atoms with Crippen LogP contribution in [-0.4, -0.2) is 31.5 Å². The summed E-state index contributed by atoms with van der Waals surface area (Å²) in [6, 6.07) is 3.47. The molecule has 0 aliphatic heterocycles. The van der Waals surface area contributed by atoms with Crippen LogP contribution in [0.3, 0.4) is 0 Å². The normalized spacial score (nSPS) is 10.2. The molecule has 0 bridgehead atoms. The summed E-state index contributed by atoms with van der Waals surface area (Å²) >= 11 is 5.60. The summed E-state index contributed by atoms with van der Waals surface area (Å²) in [6.07, 6.45) is 3.32. The van der Waals surface area contributed by atoms with Gasteiger partial charge >= 0.3 is 0 Å². The van der Waals surface area contributed by atoms with E-state index in [-0.39, 0.29) is 0 Å². The van der Waals surface area contributed by atoms with E-state index >= 15 is 0 Å². The molecule has 0 saturated heterocycles. The molecule has 2 aromatic rings. The van der Waals surface area contributed by atoms with Gasteiger partial charge in [-0.2, -0.15) is 0 Å². The Balaban J connectivity index is 1.81. The monoisotopic (exact) mass is 224 g/mol. The van der Waals surface area contributed by atoms with Crippen LogP contribution in [0.1, 0.15) is 0 Å². The van der Waals surface area contributed by atoms with E-state index in [1.165, 1.54) is 0 Å². The van der Waals surface area contributed by atoms with Crippen molar-refractivity contribution < 1.29 is 0 Å². The van der Waals surface area contributed by atoms with Crippen LogP contribution < -0.4 is 5.32 Å². The summed E-state index contributed by atoms with van der Waals surface area (Å²) in [5.74, 6) is 0.701. The highest BCUT2D eigenvalue weighted by Crippen LogP contribution is 2.05. The summed E-state index contributed by atoms with van der Waals surface area (Å²) in [4.78, 5) is 0. The summed E-state index contributed by atoms with van der Waals surface area (Å²) in [6.45, 7) is 1.51. The van der Waals surface area contributed by atoms with Crippen LogP contribution in [0.5, 0.6) is 0 Å². The molecule has 0 radical (unpaired) electrons. The zero-order valence-electron chi connectivity index (χ0n) is 7.84. The van der Waals surface area contributed by atoms with Crippen molar-refractivity contribution in [2.75, 3.05) is 11.9 Å². The Morgan fingerprint density at radius 3 is 2.67 bits per heavy atom. The van der Waals surface area contributed by atoms with Crippen molar-refractivity contribution in [3.8, 4) is 0 Å². The fraction of sp³-hybridized carbons (Fsp3) is 0.250. The molecule has 2 aromatic heterocycles. The SMILES string of the molecule is Clc1ccc(NCCn2cnnc2)nn1. The van der Waals surface area contributed by atoms with Gasteiger partial charge in [0.05, 0.1) is 0 Å². The molecular formula is C8H9ClN6. The highest BCUT2D eigenvalue weighted by molar-refractivity contribution is 6.29. The number of nitrogens with zero attached hydrogens (tertiary/aromatic N) is 5. The molecule has 78 valence electrons. The molecule has 1 N–H and O–H groups in total. The first-order valence-corrected chi connectivity index (χ1v) is 4.78. The largest absolute Gasteiger partial charge is 0.367 e. The van der Waals surface area contributed by atoms with Gasteiger partial charge in [-0.05, 0) is 12.1 Å². The quantitative estimate of drug-likeness (QED) is 0.833. The third kappa shape index (κ3) is 2.88. The van der Waals surface area contributed by atoms with Crippen molar-refractivity contribution >= 4 is 17.4 Å². The van der Waals surface area contributed by atoms with Crippen LogP contribution in [-0.2, 0) is 6.54 Å². The predicted molar refractivity (Wildman–Crippen MR) is 55.6 cm³/mol. The zero-order valence-corrected chi connectivity index (χ0v) is 8.59. The molecule has 0 unspecified atom stereocenters. The van der Waals surface area contributed by atoms with E-state index in [4.69, 9.17) is 11.6 Å². The minimum Gasteiger partial charge on any atom is -0.367 e. The van der Waals surface area contributed by atoms with E-state index in [9.17, 15) is 0 Å². The zero-order chi connectivity index (χ0) is 10.5. The van der Waals surface area contributed by atoms with E-state index in [2.05, 4.69) is 25.7 Å². The lowest BCUT2D eigenvalue weighted by molar-refractivity contribution is 0.721. The molecule has 0 spiro atoms. The average molecular weight is 225 g/mol. The van der Waals surface area contributed by atoms with Crippen molar-refractivity contribution in [1.82, 2.24) is 25.0 Å². The van der Waals surface area contributed by atoms with Gasteiger partial charge in [0.15, 0.2) is 5.15 Å². The lowest BCUT2D eigenvalue weighted by atomic mass is 10.5. The Bertz CT molecular complexity index is 398. The maximum absolute atomic E-state index is 5.60. The van der Waals surface area contributed by atoms with Crippen LogP contribution in [0.15, 0.2) is 24.8 Å². The van der Waals surface area contributed by atoms with Gasteiger partial charge < -0.3 is 9.88 Å². The second-order valence-corrected chi connectivity index (χ2v) is 3.26. The maximum Gasteiger partial charge on any atom is 0.151 e. The molecule has 6 nitrogen and oxygen atoms in total. The first kappa shape index (κ1) is 9.85. The predicted octanol–water partition coefficient (Wildman–Crippen LogP) is 0.834. The number of rotatable bonds is 4. The number of nitrogens with one attached hydrogen (secondary N) is 1. The van der Waals surface area contributed by atoms with E-state index in [0.29, 0.717) is 11.0 Å². The van der Waals surface area contributed by atoms with Crippen LogP contribution in [0.25, 0.3) is 0 Å². The standard InChI is InChI=1S/C8H9ClN6/c9-7-1-2-8(14-13-7)10-3-4-15-5-11-12-6-15/h1-2,5-6H,3-4H2,(H,10,14).